The van der Waals surface area contributed by atoms with Gasteiger partial charge in [0, 0.05) is 35.6 Å². The maximum absolute atomic E-state index is 4.40. The molecule has 2 aliphatic heterocycles. The Kier molecular flexibility index (Phi) is 5.24. The molecule has 2 N–H and O–H groups in total. The fourth-order valence-corrected chi connectivity index (χ4v) is 3.87. The molecule has 0 amide bonds. The Morgan fingerprint density at radius 2 is 1.07 bits per heavy atom. The van der Waals surface area contributed by atoms with Crippen LogP contribution >= 0.6 is 0 Å². The van der Waals surface area contributed by atoms with Gasteiger partial charge in [0.25, 0.3) is 0 Å². The predicted molar refractivity (Wildman–Crippen MR) is 123 cm³/mol. The lowest BCUT2D eigenvalue weighted by Crippen LogP contribution is -2.28. The van der Waals surface area contributed by atoms with Gasteiger partial charge in [-0.25, -0.2) is 0 Å². The third kappa shape index (κ3) is 4.32. The molecule has 2 unspecified atom stereocenters. The van der Waals surface area contributed by atoms with Gasteiger partial charge in [0.1, 0.15) is 11.1 Å². The molecule has 2 heterocycles. The zero-order chi connectivity index (χ0) is 21.2. The highest BCUT2D eigenvalue weighted by Gasteiger charge is 2.27. The standard InChI is InChI=1S/C24H28N6/c1-17-13-23(3,29-27-17)15-25-21-11-7-5-9-19(21)20-10-6-8-12-22(20)26-16-24(4)14-18(2)28-30-24/h5-14,25-26H,15-16H2,1-4H3. The normalized spacial score (nSPS) is 24.7. The summed E-state index contributed by atoms with van der Waals surface area (Å²) in [6, 6.07) is 16.7. The molecule has 4 rings (SSSR count). The van der Waals surface area contributed by atoms with E-state index < -0.39 is 0 Å². The molecule has 154 valence electrons. The van der Waals surface area contributed by atoms with E-state index in [4.69, 9.17) is 0 Å². The molecule has 6 nitrogen and oxygen atoms in total. The van der Waals surface area contributed by atoms with Crippen molar-refractivity contribution in [3.8, 4) is 11.1 Å². The molecule has 0 radical (unpaired) electrons. The summed E-state index contributed by atoms with van der Waals surface area (Å²) < 4.78 is 0. The van der Waals surface area contributed by atoms with Crippen molar-refractivity contribution in [3.05, 3.63) is 72.1 Å². The first kappa shape index (κ1) is 20.0. The summed E-state index contributed by atoms with van der Waals surface area (Å²) in [5, 5.41) is 24.3. The van der Waals surface area contributed by atoms with E-state index in [0.717, 1.165) is 33.9 Å². The van der Waals surface area contributed by atoms with Crippen molar-refractivity contribution in [3.63, 3.8) is 0 Å². The van der Waals surface area contributed by atoms with E-state index in [9.17, 15) is 0 Å². The summed E-state index contributed by atoms with van der Waals surface area (Å²) in [6.07, 6.45) is 4.20. The molecule has 2 aromatic rings. The number of anilines is 2. The summed E-state index contributed by atoms with van der Waals surface area (Å²) >= 11 is 0. The third-order valence-corrected chi connectivity index (χ3v) is 5.33. The van der Waals surface area contributed by atoms with Gasteiger partial charge in [0.15, 0.2) is 0 Å². The highest BCUT2D eigenvalue weighted by atomic mass is 15.2. The Morgan fingerprint density at radius 3 is 1.43 bits per heavy atom. The summed E-state index contributed by atoms with van der Waals surface area (Å²) in [5.41, 5.74) is 5.72. The lowest BCUT2D eigenvalue weighted by molar-refractivity contribution is 0.609. The van der Waals surface area contributed by atoms with E-state index in [1.54, 1.807) is 0 Å². The van der Waals surface area contributed by atoms with E-state index in [2.05, 4.69) is 106 Å². The Morgan fingerprint density at radius 1 is 0.667 bits per heavy atom. The highest BCUT2D eigenvalue weighted by molar-refractivity contribution is 5.86. The van der Waals surface area contributed by atoms with Gasteiger partial charge >= 0.3 is 0 Å². The van der Waals surface area contributed by atoms with E-state index in [-0.39, 0.29) is 11.1 Å². The second-order valence-electron chi connectivity index (χ2n) is 8.48. The molecule has 0 saturated heterocycles. The topological polar surface area (TPSA) is 73.5 Å². The van der Waals surface area contributed by atoms with E-state index >= 15 is 0 Å². The van der Waals surface area contributed by atoms with Crippen LogP contribution in [0.5, 0.6) is 0 Å². The van der Waals surface area contributed by atoms with Crippen LogP contribution in [-0.4, -0.2) is 24.2 Å². The van der Waals surface area contributed by atoms with Crippen LogP contribution in [0.3, 0.4) is 0 Å². The first-order valence-corrected chi connectivity index (χ1v) is 10.3. The number of nitrogens with zero attached hydrogens (tertiary/aromatic N) is 4. The van der Waals surface area contributed by atoms with Crippen LogP contribution in [-0.2, 0) is 0 Å². The number of azo groups is 2. The molecule has 0 saturated carbocycles. The van der Waals surface area contributed by atoms with Crippen LogP contribution in [0.25, 0.3) is 11.1 Å². The Labute approximate surface area is 177 Å². The van der Waals surface area contributed by atoms with Crippen molar-refractivity contribution in [1.29, 1.82) is 0 Å². The van der Waals surface area contributed by atoms with Crippen LogP contribution < -0.4 is 10.6 Å². The van der Waals surface area contributed by atoms with Crippen molar-refractivity contribution in [2.45, 2.75) is 38.8 Å². The Hall–Kier alpha value is -3.28. The summed E-state index contributed by atoms with van der Waals surface area (Å²) in [5.74, 6) is 0. The predicted octanol–water partition coefficient (Wildman–Crippen LogP) is 6.43. The SMILES string of the molecule is CC1=CC(C)(CNc2ccccc2-c2ccccc2NCC2(C)C=C(C)N=N2)N=N1. The van der Waals surface area contributed by atoms with Crippen LogP contribution in [0.1, 0.15) is 27.7 Å². The molecule has 0 aromatic heterocycles. The van der Waals surface area contributed by atoms with Gasteiger partial charge in [0.05, 0.1) is 11.4 Å². The average molecular weight is 401 g/mol. The van der Waals surface area contributed by atoms with Crippen molar-refractivity contribution in [1.82, 2.24) is 0 Å². The molecule has 2 aromatic carbocycles. The lowest BCUT2D eigenvalue weighted by atomic mass is 9.98. The van der Waals surface area contributed by atoms with Crippen molar-refractivity contribution >= 4 is 11.4 Å². The quantitative estimate of drug-likeness (QED) is 0.562. The zero-order valence-corrected chi connectivity index (χ0v) is 18.0. The van der Waals surface area contributed by atoms with Crippen molar-refractivity contribution in [2.24, 2.45) is 20.5 Å². The van der Waals surface area contributed by atoms with Gasteiger partial charge in [-0.15, -0.1) is 0 Å². The average Bonchev–Trinajstić information content (AvgIpc) is 3.27. The number of hydrogen-bond acceptors (Lipinski definition) is 6. The number of rotatable bonds is 7. The second-order valence-corrected chi connectivity index (χ2v) is 8.48. The van der Waals surface area contributed by atoms with Crippen LogP contribution in [0.2, 0.25) is 0 Å². The lowest BCUT2D eigenvalue weighted by Gasteiger charge is -2.22. The molecule has 6 heteroatoms. The Bertz CT molecular complexity index is 981. The van der Waals surface area contributed by atoms with Gasteiger partial charge in [0.2, 0.25) is 0 Å². The summed E-state index contributed by atoms with van der Waals surface area (Å²) in [6.45, 7) is 9.50. The minimum atomic E-state index is -0.318. The Balaban J connectivity index is 1.56. The van der Waals surface area contributed by atoms with Gasteiger partial charge in [-0.2, -0.15) is 20.5 Å². The van der Waals surface area contributed by atoms with Crippen LogP contribution in [0, 0.1) is 0 Å². The molecule has 0 fully saturated rings. The van der Waals surface area contributed by atoms with Gasteiger partial charge in [-0.3, -0.25) is 0 Å². The number of benzene rings is 2. The van der Waals surface area contributed by atoms with E-state index in [1.807, 2.05) is 13.8 Å². The van der Waals surface area contributed by atoms with Gasteiger partial charge < -0.3 is 10.6 Å². The minimum Gasteiger partial charge on any atom is -0.382 e. The molecule has 0 aliphatic carbocycles. The number of hydrogen-bond donors (Lipinski definition) is 2. The van der Waals surface area contributed by atoms with Crippen molar-refractivity contribution < 1.29 is 0 Å². The van der Waals surface area contributed by atoms with Crippen molar-refractivity contribution in [2.75, 3.05) is 23.7 Å². The van der Waals surface area contributed by atoms with Crippen LogP contribution in [0.15, 0.2) is 92.5 Å². The monoisotopic (exact) mass is 400 g/mol. The van der Waals surface area contributed by atoms with Gasteiger partial charge in [-0.1, -0.05) is 36.4 Å². The summed E-state index contributed by atoms with van der Waals surface area (Å²) in [4.78, 5) is 0. The van der Waals surface area contributed by atoms with E-state index in [0.29, 0.717) is 13.1 Å². The second kappa shape index (κ2) is 7.86. The fraction of sp³-hybridized carbons (Fsp3) is 0.333. The minimum absolute atomic E-state index is 0.318. The molecule has 0 bridgehead atoms. The molecular formula is C24H28N6. The molecule has 30 heavy (non-hydrogen) atoms. The number of para-hydroxylation sites is 2. The molecule has 0 spiro atoms. The number of nitrogens with one attached hydrogen (secondary N) is 2. The molecule has 2 aliphatic rings. The first-order chi connectivity index (χ1) is 14.4. The maximum Gasteiger partial charge on any atom is 0.116 e. The number of allylic oxidation sites excluding steroid dienone is 2. The third-order valence-electron chi connectivity index (χ3n) is 5.33. The first-order valence-electron chi connectivity index (χ1n) is 10.3. The van der Waals surface area contributed by atoms with E-state index in [1.165, 1.54) is 0 Å². The van der Waals surface area contributed by atoms with Crippen LogP contribution in [0.4, 0.5) is 11.4 Å². The zero-order valence-electron chi connectivity index (χ0n) is 18.0. The summed E-state index contributed by atoms with van der Waals surface area (Å²) in [7, 11) is 0. The highest BCUT2D eigenvalue weighted by Crippen LogP contribution is 2.35. The molecular weight excluding hydrogens is 372 g/mol. The maximum atomic E-state index is 4.40. The molecule has 2 atom stereocenters. The largest absolute Gasteiger partial charge is 0.382 e. The smallest absolute Gasteiger partial charge is 0.116 e. The van der Waals surface area contributed by atoms with Gasteiger partial charge in [-0.05, 0) is 52.0 Å². The fourth-order valence-electron chi connectivity index (χ4n) is 3.87.